The monoisotopic (exact) mass is 258 g/mol. The Bertz CT molecular complexity index is 435. The number of hydrogen-bond acceptors (Lipinski definition) is 3. The number of hydrogen-bond donors (Lipinski definition) is 2. The second kappa shape index (κ2) is 4.62. The molecule has 3 N–H and O–H groups in total. The number of benzene rings is 1. The van der Waals surface area contributed by atoms with Gasteiger partial charge in [-0.2, -0.15) is 8.78 Å². The Morgan fingerprint density at radius 1 is 1.47 bits per heavy atom. The number of thioether (sulfide) groups is 1. The number of halogens is 2. The van der Waals surface area contributed by atoms with Crippen LogP contribution in [0.1, 0.15) is 12.8 Å². The maximum Gasteiger partial charge on any atom is 0.288 e. The molecule has 3 nitrogen and oxygen atoms in total. The van der Waals surface area contributed by atoms with E-state index in [9.17, 15) is 13.6 Å². The highest BCUT2D eigenvalue weighted by Crippen LogP contribution is 2.34. The molecule has 0 unspecified atom stereocenters. The zero-order valence-corrected chi connectivity index (χ0v) is 9.77. The molecular weight excluding hydrogens is 246 g/mol. The molecule has 92 valence electrons. The van der Waals surface area contributed by atoms with Crippen molar-refractivity contribution in [3.63, 3.8) is 0 Å². The van der Waals surface area contributed by atoms with Gasteiger partial charge in [-0.05, 0) is 31.0 Å². The van der Waals surface area contributed by atoms with Crippen LogP contribution in [0.25, 0.3) is 0 Å². The van der Waals surface area contributed by atoms with E-state index in [0.717, 1.165) is 0 Å². The van der Waals surface area contributed by atoms with Crippen molar-refractivity contribution in [1.29, 1.82) is 0 Å². The topological polar surface area (TPSA) is 55.1 Å². The SMILES string of the molecule is NC1(C(=O)Nc2cccc(SC(F)F)c2)CC1. The normalized spacial score (nSPS) is 16.9. The number of anilines is 1. The molecule has 0 bridgehead atoms. The summed E-state index contributed by atoms with van der Waals surface area (Å²) in [5, 5.41) is 2.64. The highest BCUT2D eigenvalue weighted by Gasteiger charge is 2.45. The fourth-order valence-electron chi connectivity index (χ4n) is 1.37. The van der Waals surface area contributed by atoms with Gasteiger partial charge in [0.1, 0.15) is 0 Å². The van der Waals surface area contributed by atoms with E-state index in [2.05, 4.69) is 5.32 Å². The Kier molecular flexibility index (Phi) is 3.35. The molecule has 0 aromatic heterocycles. The van der Waals surface area contributed by atoms with E-state index < -0.39 is 11.3 Å². The highest BCUT2D eigenvalue weighted by molar-refractivity contribution is 7.99. The quantitative estimate of drug-likeness (QED) is 0.815. The Morgan fingerprint density at radius 3 is 2.76 bits per heavy atom. The van der Waals surface area contributed by atoms with Gasteiger partial charge in [0.25, 0.3) is 5.76 Å². The molecule has 1 amide bonds. The Morgan fingerprint density at radius 2 is 2.18 bits per heavy atom. The first-order valence-corrected chi connectivity index (χ1v) is 6.03. The molecule has 0 aliphatic heterocycles. The smallest absolute Gasteiger partial charge is 0.288 e. The van der Waals surface area contributed by atoms with Crippen molar-refractivity contribution >= 4 is 23.4 Å². The van der Waals surface area contributed by atoms with Crippen LogP contribution in [0.4, 0.5) is 14.5 Å². The van der Waals surface area contributed by atoms with Crippen LogP contribution in [0.3, 0.4) is 0 Å². The van der Waals surface area contributed by atoms with E-state index in [1.54, 1.807) is 18.2 Å². The summed E-state index contributed by atoms with van der Waals surface area (Å²) < 4.78 is 24.3. The average molecular weight is 258 g/mol. The third-order valence-electron chi connectivity index (χ3n) is 2.56. The maximum absolute atomic E-state index is 12.2. The van der Waals surface area contributed by atoms with E-state index in [4.69, 9.17) is 5.73 Å². The Labute approximate surface area is 102 Å². The van der Waals surface area contributed by atoms with Gasteiger partial charge >= 0.3 is 0 Å². The average Bonchev–Trinajstić information content (AvgIpc) is 2.97. The van der Waals surface area contributed by atoms with Gasteiger partial charge in [0.15, 0.2) is 0 Å². The molecule has 0 spiro atoms. The van der Waals surface area contributed by atoms with Crippen molar-refractivity contribution in [1.82, 2.24) is 0 Å². The van der Waals surface area contributed by atoms with Gasteiger partial charge in [-0.3, -0.25) is 4.79 Å². The number of alkyl halides is 2. The summed E-state index contributed by atoms with van der Waals surface area (Å²) in [6.07, 6.45) is 1.34. The van der Waals surface area contributed by atoms with Gasteiger partial charge in [-0.25, -0.2) is 0 Å². The number of nitrogens with one attached hydrogen (secondary N) is 1. The maximum atomic E-state index is 12.2. The minimum absolute atomic E-state index is 0.253. The zero-order valence-electron chi connectivity index (χ0n) is 8.95. The molecule has 0 saturated heterocycles. The van der Waals surface area contributed by atoms with E-state index >= 15 is 0 Å². The van der Waals surface area contributed by atoms with Crippen molar-refractivity contribution < 1.29 is 13.6 Å². The molecular formula is C11H12F2N2OS. The van der Waals surface area contributed by atoms with Crippen molar-refractivity contribution in [2.75, 3.05) is 5.32 Å². The molecule has 6 heteroatoms. The molecule has 1 aromatic rings. The summed E-state index contributed by atoms with van der Waals surface area (Å²) >= 11 is 0.447. The lowest BCUT2D eigenvalue weighted by Gasteiger charge is -2.10. The van der Waals surface area contributed by atoms with E-state index in [-0.39, 0.29) is 5.91 Å². The molecule has 0 atom stereocenters. The predicted octanol–water partition coefficient (Wildman–Crippen LogP) is 2.43. The lowest BCUT2D eigenvalue weighted by atomic mass is 10.2. The first kappa shape index (κ1) is 12.3. The van der Waals surface area contributed by atoms with Crippen molar-refractivity contribution in [3.8, 4) is 0 Å². The summed E-state index contributed by atoms with van der Waals surface area (Å²) in [4.78, 5) is 12.1. The number of carbonyl (C=O) groups is 1. The fraction of sp³-hybridized carbons (Fsp3) is 0.364. The molecule has 1 aromatic carbocycles. The molecule has 17 heavy (non-hydrogen) atoms. The molecule has 0 heterocycles. The van der Waals surface area contributed by atoms with Crippen LogP contribution in [-0.2, 0) is 4.79 Å². The number of carbonyl (C=O) groups excluding carboxylic acids is 1. The summed E-state index contributed by atoms with van der Waals surface area (Å²) in [5.74, 6) is -2.72. The first-order chi connectivity index (χ1) is 7.99. The molecule has 1 aliphatic carbocycles. The van der Waals surface area contributed by atoms with Crippen LogP contribution in [0.15, 0.2) is 29.2 Å². The minimum atomic E-state index is -2.47. The Balaban J connectivity index is 2.03. The first-order valence-electron chi connectivity index (χ1n) is 5.15. The van der Waals surface area contributed by atoms with Gasteiger partial charge < -0.3 is 11.1 Å². The number of amides is 1. The standard InChI is InChI=1S/C11H12F2N2OS/c12-10(13)17-8-3-1-2-7(6-8)15-9(16)11(14)4-5-11/h1-3,6,10H,4-5,14H2,(H,15,16). The predicted molar refractivity (Wildman–Crippen MR) is 63.1 cm³/mol. The third-order valence-corrected chi connectivity index (χ3v) is 3.26. The minimum Gasteiger partial charge on any atom is -0.324 e. The number of nitrogens with two attached hydrogens (primary N) is 1. The largest absolute Gasteiger partial charge is 0.324 e. The second-order valence-electron chi connectivity index (χ2n) is 4.02. The molecule has 1 fully saturated rings. The van der Waals surface area contributed by atoms with Gasteiger partial charge in [0.2, 0.25) is 5.91 Å². The zero-order chi connectivity index (χ0) is 12.5. The van der Waals surface area contributed by atoms with E-state index in [1.165, 1.54) is 6.07 Å². The fourth-order valence-corrected chi connectivity index (χ4v) is 1.93. The van der Waals surface area contributed by atoms with E-state index in [0.29, 0.717) is 35.2 Å². The summed E-state index contributed by atoms with van der Waals surface area (Å²) in [5.41, 5.74) is 5.46. The molecule has 1 saturated carbocycles. The van der Waals surface area contributed by atoms with Crippen LogP contribution in [0, 0.1) is 0 Å². The highest BCUT2D eigenvalue weighted by atomic mass is 32.2. The van der Waals surface area contributed by atoms with Crippen LogP contribution < -0.4 is 11.1 Å². The summed E-state index contributed by atoms with van der Waals surface area (Å²) in [6, 6.07) is 6.36. The van der Waals surface area contributed by atoms with Crippen LogP contribution in [-0.4, -0.2) is 17.2 Å². The third kappa shape index (κ3) is 3.17. The van der Waals surface area contributed by atoms with Crippen LogP contribution in [0.5, 0.6) is 0 Å². The lowest BCUT2D eigenvalue weighted by molar-refractivity contribution is -0.118. The van der Waals surface area contributed by atoms with Crippen molar-refractivity contribution in [2.24, 2.45) is 5.73 Å². The van der Waals surface area contributed by atoms with Gasteiger partial charge in [-0.15, -0.1) is 0 Å². The Hall–Kier alpha value is -1.14. The summed E-state index contributed by atoms with van der Waals surface area (Å²) in [7, 11) is 0. The number of rotatable bonds is 4. The molecule has 0 radical (unpaired) electrons. The van der Waals surface area contributed by atoms with Gasteiger partial charge in [0.05, 0.1) is 5.54 Å². The van der Waals surface area contributed by atoms with Crippen molar-refractivity contribution in [2.45, 2.75) is 29.0 Å². The molecule has 2 rings (SSSR count). The van der Waals surface area contributed by atoms with Crippen LogP contribution >= 0.6 is 11.8 Å². The van der Waals surface area contributed by atoms with Gasteiger partial charge in [-0.1, -0.05) is 17.8 Å². The van der Waals surface area contributed by atoms with Gasteiger partial charge in [0, 0.05) is 10.6 Å². The van der Waals surface area contributed by atoms with Crippen molar-refractivity contribution in [3.05, 3.63) is 24.3 Å². The summed E-state index contributed by atoms with van der Waals surface area (Å²) in [6.45, 7) is 0. The van der Waals surface area contributed by atoms with Crippen LogP contribution in [0.2, 0.25) is 0 Å². The molecule has 1 aliphatic rings. The van der Waals surface area contributed by atoms with E-state index in [1.807, 2.05) is 0 Å². The second-order valence-corrected chi connectivity index (χ2v) is 5.08. The lowest BCUT2D eigenvalue weighted by Crippen LogP contribution is -2.37.